The van der Waals surface area contributed by atoms with Gasteiger partial charge >= 0.3 is 0 Å². The number of pyridine rings is 1. The molecule has 1 aromatic carbocycles. The predicted molar refractivity (Wildman–Crippen MR) is 102 cm³/mol. The molecule has 9 nitrogen and oxygen atoms in total. The van der Waals surface area contributed by atoms with E-state index in [-0.39, 0.29) is 38.1 Å². The quantitative estimate of drug-likeness (QED) is 0.560. The van der Waals surface area contributed by atoms with Crippen molar-refractivity contribution in [3.63, 3.8) is 0 Å². The minimum absolute atomic E-state index is 0.0386. The maximum atomic E-state index is 9.84. The van der Waals surface area contributed by atoms with Gasteiger partial charge in [-0.05, 0) is 24.3 Å². The second-order valence-electron chi connectivity index (χ2n) is 7.04. The van der Waals surface area contributed by atoms with Gasteiger partial charge < -0.3 is 34.1 Å². The maximum absolute atomic E-state index is 9.84. The van der Waals surface area contributed by atoms with Gasteiger partial charge in [0.15, 0.2) is 6.10 Å². The van der Waals surface area contributed by atoms with Gasteiger partial charge in [-0.2, -0.15) is 4.98 Å². The third-order valence-corrected chi connectivity index (χ3v) is 5.10. The highest BCUT2D eigenvalue weighted by molar-refractivity contribution is 5.81. The van der Waals surface area contributed by atoms with Crippen LogP contribution in [0.25, 0.3) is 22.3 Å². The number of nitrogens with one attached hydrogen (secondary N) is 1. The molecule has 9 heteroatoms. The summed E-state index contributed by atoms with van der Waals surface area (Å²) in [5.74, 6) is 0.607. The molecule has 2 aliphatic rings. The first kappa shape index (κ1) is 18.3. The number of aliphatic hydroxyl groups excluding tert-OH is 2. The van der Waals surface area contributed by atoms with E-state index in [1.165, 1.54) is 0 Å². The van der Waals surface area contributed by atoms with Gasteiger partial charge in [-0.15, -0.1) is 0 Å². The third-order valence-electron chi connectivity index (χ3n) is 5.10. The summed E-state index contributed by atoms with van der Waals surface area (Å²) in [5.41, 5.74) is 3.29. The molecular formula is C20H21N3O6. The number of rotatable bonds is 6. The highest BCUT2D eigenvalue weighted by Gasteiger charge is 2.48. The topological polar surface area (TPSA) is 119 Å². The molecule has 0 spiro atoms. The minimum Gasteiger partial charge on any atom is -0.490 e. The smallest absolute Gasteiger partial charge is 0.295 e. The molecule has 0 bridgehead atoms. The molecule has 2 aromatic heterocycles. The summed E-state index contributed by atoms with van der Waals surface area (Å²) in [6.45, 7) is 0.808. The van der Waals surface area contributed by atoms with E-state index in [4.69, 9.17) is 24.1 Å². The van der Waals surface area contributed by atoms with Crippen molar-refractivity contribution in [1.29, 1.82) is 0 Å². The average molecular weight is 399 g/mol. The summed E-state index contributed by atoms with van der Waals surface area (Å²) < 4.78 is 22.4. The molecule has 0 amide bonds. The summed E-state index contributed by atoms with van der Waals surface area (Å²) in [6.07, 6.45) is 0.0712. The van der Waals surface area contributed by atoms with Crippen LogP contribution in [0.2, 0.25) is 0 Å². The second kappa shape index (κ2) is 7.60. The lowest BCUT2D eigenvalue weighted by molar-refractivity contribution is 0.00706. The first-order chi connectivity index (χ1) is 14.2. The summed E-state index contributed by atoms with van der Waals surface area (Å²) in [6, 6.07) is 9.86. The number of ether oxygens (including phenoxy) is 4. The maximum Gasteiger partial charge on any atom is 0.295 e. The molecule has 3 aromatic rings. The van der Waals surface area contributed by atoms with Crippen LogP contribution in [-0.2, 0) is 9.47 Å². The summed E-state index contributed by atoms with van der Waals surface area (Å²) >= 11 is 0. The number of aromatic nitrogens is 3. The second-order valence-corrected chi connectivity index (χ2v) is 7.04. The SMILES string of the molecule is OCCOc1ccc(-c2ccc3[nH]c(O[C@@H]4CO[C@H]5[C@@H]4OC[C@H]5O)nc3c2)nc1. The van der Waals surface area contributed by atoms with Crippen molar-refractivity contribution < 1.29 is 29.2 Å². The molecule has 4 heterocycles. The molecule has 2 fully saturated rings. The fraction of sp³-hybridized carbons (Fsp3) is 0.400. The zero-order valence-corrected chi connectivity index (χ0v) is 15.5. The zero-order chi connectivity index (χ0) is 19.8. The van der Waals surface area contributed by atoms with Crippen LogP contribution >= 0.6 is 0 Å². The Hall–Kier alpha value is -2.72. The van der Waals surface area contributed by atoms with E-state index in [2.05, 4.69) is 15.0 Å². The summed E-state index contributed by atoms with van der Waals surface area (Å²) in [5, 5.41) is 18.7. The van der Waals surface area contributed by atoms with Crippen LogP contribution < -0.4 is 9.47 Å². The van der Waals surface area contributed by atoms with Crippen LogP contribution in [0.4, 0.5) is 0 Å². The molecule has 0 unspecified atom stereocenters. The lowest BCUT2D eigenvalue weighted by Crippen LogP contribution is -2.34. The Kier molecular flexibility index (Phi) is 4.80. The summed E-state index contributed by atoms with van der Waals surface area (Å²) in [7, 11) is 0. The monoisotopic (exact) mass is 399 g/mol. The molecule has 152 valence electrons. The molecule has 0 aliphatic carbocycles. The Morgan fingerprint density at radius 2 is 2.03 bits per heavy atom. The number of nitrogens with zero attached hydrogens (tertiary/aromatic N) is 2. The number of aromatic amines is 1. The fourth-order valence-electron chi connectivity index (χ4n) is 3.69. The minimum atomic E-state index is -0.611. The lowest BCUT2D eigenvalue weighted by atomic mass is 10.1. The van der Waals surface area contributed by atoms with Crippen molar-refractivity contribution in [1.82, 2.24) is 15.0 Å². The van der Waals surface area contributed by atoms with E-state index in [0.29, 0.717) is 18.4 Å². The Labute approximate surface area is 166 Å². The van der Waals surface area contributed by atoms with Crippen molar-refractivity contribution in [2.45, 2.75) is 24.4 Å². The number of imidazole rings is 1. The molecule has 29 heavy (non-hydrogen) atoms. The third kappa shape index (κ3) is 3.53. The number of fused-ring (bicyclic) bond motifs is 2. The average Bonchev–Trinajstić information content (AvgIpc) is 3.43. The number of hydrogen-bond donors (Lipinski definition) is 3. The normalized spacial score (nSPS) is 26.0. The van der Waals surface area contributed by atoms with E-state index in [1.807, 2.05) is 30.3 Å². The molecule has 5 rings (SSSR count). The van der Waals surface area contributed by atoms with E-state index >= 15 is 0 Å². The number of hydrogen-bond acceptors (Lipinski definition) is 8. The first-order valence-electron chi connectivity index (χ1n) is 9.49. The molecule has 4 atom stereocenters. The molecule has 0 saturated carbocycles. The first-order valence-corrected chi connectivity index (χ1v) is 9.49. The van der Waals surface area contributed by atoms with Crippen molar-refractivity contribution in [3.05, 3.63) is 36.5 Å². The number of H-pyrrole nitrogens is 1. The highest BCUT2D eigenvalue weighted by atomic mass is 16.6. The van der Waals surface area contributed by atoms with E-state index in [9.17, 15) is 5.11 Å². The van der Waals surface area contributed by atoms with Gasteiger partial charge in [0.25, 0.3) is 6.01 Å². The van der Waals surface area contributed by atoms with Crippen LogP contribution in [-0.4, -0.2) is 76.0 Å². The van der Waals surface area contributed by atoms with E-state index in [0.717, 1.165) is 22.3 Å². The Balaban J connectivity index is 1.32. The standard InChI is InChI=1S/C20H21N3O6/c24-5-6-26-12-2-4-13(21-8-12)11-1-3-14-15(7-11)23-20(22-14)29-17-10-28-18-16(25)9-27-19(17)18/h1-4,7-8,16-19,24-25H,5-6,9-10H2,(H,22,23)/t16-,17-,18-,19-/m1/s1. The number of benzene rings is 1. The molecule has 2 aliphatic heterocycles. The predicted octanol–water partition coefficient (Wildman–Crippen LogP) is 0.902. The number of aliphatic hydroxyl groups is 2. The molecular weight excluding hydrogens is 378 g/mol. The highest BCUT2D eigenvalue weighted by Crippen LogP contribution is 2.30. The Morgan fingerprint density at radius 3 is 2.86 bits per heavy atom. The van der Waals surface area contributed by atoms with Gasteiger partial charge in [-0.1, -0.05) is 6.07 Å². The Bertz CT molecular complexity index is 992. The molecule has 0 radical (unpaired) electrons. The van der Waals surface area contributed by atoms with Gasteiger partial charge in [-0.25, -0.2) is 0 Å². The van der Waals surface area contributed by atoms with Gasteiger partial charge in [0.05, 0.1) is 42.7 Å². The molecule has 3 N–H and O–H groups in total. The zero-order valence-electron chi connectivity index (χ0n) is 15.5. The van der Waals surface area contributed by atoms with Crippen LogP contribution in [0.1, 0.15) is 0 Å². The van der Waals surface area contributed by atoms with Gasteiger partial charge in [0.2, 0.25) is 0 Å². The Morgan fingerprint density at radius 1 is 1.14 bits per heavy atom. The van der Waals surface area contributed by atoms with E-state index < -0.39 is 6.10 Å². The van der Waals surface area contributed by atoms with Crippen LogP contribution in [0.15, 0.2) is 36.5 Å². The van der Waals surface area contributed by atoms with E-state index in [1.54, 1.807) is 6.20 Å². The lowest BCUT2D eigenvalue weighted by Gasteiger charge is -2.15. The fourth-order valence-corrected chi connectivity index (χ4v) is 3.69. The van der Waals surface area contributed by atoms with Crippen LogP contribution in [0.5, 0.6) is 11.8 Å². The largest absolute Gasteiger partial charge is 0.490 e. The molecule has 2 saturated heterocycles. The van der Waals surface area contributed by atoms with Crippen LogP contribution in [0, 0.1) is 0 Å². The van der Waals surface area contributed by atoms with Crippen LogP contribution in [0.3, 0.4) is 0 Å². The summed E-state index contributed by atoms with van der Waals surface area (Å²) in [4.78, 5) is 12.1. The van der Waals surface area contributed by atoms with Gasteiger partial charge in [-0.3, -0.25) is 4.98 Å². The van der Waals surface area contributed by atoms with Crippen molar-refractivity contribution >= 4 is 11.0 Å². The van der Waals surface area contributed by atoms with Crippen molar-refractivity contribution in [3.8, 4) is 23.0 Å². The van der Waals surface area contributed by atoms with Gasteiger partial charge in [0.1, 0.15) is 30.7 Å². The van der Waals surface area contributed by atoms with Crippen molar-refractivity contribution in [2.24, 2.45) is 0 Å². The van der Waals surface area contributed by atoms with Crippen molar-refractivity contribution in [2.75, 3.05) is 26.4 Å². The van der Waals surface area contributed by atoms with Gasteiger partial charge in [0, 0.05) is 5.56 Å².